The Labute approximate surface area is 212 Å². The predicted molar refractivity (Wildman–Crippen MR) is 134 cm³/mol. The predicted octanol–water partition coefficient (Wildman–Crippen LogP) is 0.838. The number of hydrogen-bond donors (Lipinski definition) is 3. The number of benzene rings is 4. The molecular formula is C27H24ClN3O4P+. The summed E-state index contributed by atoms with van der Waals surface area (Å²) < 4.78 is 32.7. The molecule has 0 aliphatic carbocycles. The summed E-state index contributed by atoms with van der Waals surface area (Å²) in [6, 6.07) is 43.4. The third-order valence-electron chi connectivity index (χ3n) is 5.11. The van der Waals surface area contributed by atoms with Crippen LogP contribution in [-0.4, -0.2) is 4.66 Å². The molecule has 0 unspecified atom stereocenters. The van der Waals surface area contributed by atoms with E-state index in [0.717, 1.165) is 21.6 Å². The summed E-state index contributed by atoms with van der Waals surface area (Å²) in [7, 11) is -7.08. The first kappa shape index (κ1) is 26.9. The summed E-state index contributed by atoms with van der Waals surface area (Å²) in [6.45, 7) is 0. The Morgan fingerprint density at radius 1 is 0.694 bits per heavy atom. The first-order valence-corrected chi connectivity index (χ1v) is 13.8. The van der Waals surface area contributed by atoms with Gasteiger partial charge in [0.15, 0.2) is 7.26 Å². The second-order valence-corrected chi connectivity index (χ2v) is 11.5. The van der Waals surface area contributed by atoms with Gasteiger partial charge >= 0.3 is 0 Å². The maximum atomic E-state index is 10.4. The molecule has 0 fully saturated rings. The number of nitrogens with zero attached hydrogens (tertiary/aromatic N) is 1. The van der Waals surface area contributed by atoms with Gasteiger partial charge in [-0.05, 0) is 48.5 Å². The third-order valence-corrected chi connectivity index (χ3v) is 9.28. The standard InChI is InChI=1S/C27H23N3P.ClHO4/c28-21-27(22-29-30-23-13-5-1-6-14-23)31(24-15-7-2-8-16-24,25-17-9-3-10-18-25)26-19-11-4-12-20-26;2-1(3,4)5/h1-20,22,29-30H;(H,2,3,4,5)/q+1;/b27-22+;. The van der Waals surface area contributed by atoms with Gasteiger partial charge in [0.05, 0.1) is 26.8 Å². The lowest BCUT2D eigenvalue weighted by molar-refractivity contribution is -1.92. The lowest BCUT2D eigenvalue weighted by atomic mass is 10.3. The quantitative estimate of drug-likeness (QED) is 0.186. The number of nitriles is 1. The van der Waals surface area contributed by atoms with E-state index in [1.807, 2.05) is 91.1 Å². The van der Waals surface area contributed by atoms with Crippen LogP contribution in [0.3, 0.4) is 0 Å². The van der Waals surface area contributed by atoms with Gasteiger partial charge in [-0.25, -0.2) is 0 Å². The van der Waals surface area contributed by atoms with Crippen LogP contribution in [0.1, 0.15) is 0 Å². The maximum absolute atomic E-state index is 10.4. The number of hydrazine groups is 1. The van der Waals surface area contributed by atoms with E-state index >= 15 is 0 Å². The SMILES string of the molecule is N#C/C(=C\NNc1ccccc1)[P+](c1ccccc1)(c1ccccc1)c1ccccc1.[O-][Cl+3]([O-])([O-])O. The molecule has 0 spiro atoms. The van der Waals surface area contributed by atoms with E-state index in [-0.39, 0.29) is 0 Å². The van der Waals surface area contributed by atoms with Crippen LogP contribution < -0.4 is 40.7 Å². The van der Waals surface area contributed by atoms with Gasteiger partial charge in [0, 0.05) is 0 Å². The Morgan fingerprint density at radius 3 is 1.36 bits per heavy atom. The van der Waals surface area contributed by atoms with Crippen molar-refractivity contribution in [2.75, 3.05) is 5.43 Å². The molecule has 0 amide bonds. The highest BCUT2D eigenvalue weighted by Crippen LogP contribution is 2.61. The summed E-state index contributed by atoms with van der Waals surface area (Å²) in [5.74, 6) is 0. The summed E-state index contributed by atoms with van der Waals surface area (Å²) in [5.41, 5.74) is 7.27. The van der Waals surface area contributed by atoms with Gasteiger partial charge in [0.25, 0.3) is 0 Å². The highest BCUT2D eigenvalue weighted by molar-refractivity contribution is 7.99. The molecule has 182 valence electrons. The van der Waals surface area contributed by atoms with Crippen molar-refractivity contribution < 1.29 is 28.9 Å². The van der Waals surface area contributed by atoms with Crippen LogP contribution in [0.5, 0.6) is 0 Å². The molecule has 0 radical (unpaired) electrons. The van der Waals surface area contributed by atoms with E-state index in [1.54, 1.807) is 0 Å². The van der Waals surface area contributed by atoms with E-state index in [2.05, 4.69) is 53.3 Å². The van der Waals surface area contributed by atoms with Crippen LogP contribution in [0.2, 0.25) is 0 Å². The number of halogens is 1. The van der Waals surface area contributed by atoms with E-state index in [9.17, 15) is 5.26 Å². The van der Waals surface area contributed by atoms with Crippen LogP contribution in [0.4, 0.5) is 5.69 Å². The average Bonchev–Trinajstić information content (AvgIpc) is 2.90. The molecule has 0 aromatic heterocycles. The molecule has 4 aromatic rings. The Morgan fingerprint density at radius 2 is 1.03 bits per heavy atom. The molecule has 36 heavy (non-hydrogen) atoms. The highest BCUT2D eigenvalue weighted by atomic mass is 35.7. The molecule has 7 nitrogen and oxygen atoms in total. The lowest BCUT2D eigenvalue weighted by Gasteiger charge is -2.26. The topological polar surface area (TPSA) is 137 Å². The van der Waals surface area contributed by atoms with E-state index < -0.39 is 17.5 Å². The minimum absolute atomic E-state index is 0.694. The fraction of sp³-hybridized carbons (Fsp3) is 0. The van der Waals surface area contributed by atoms with Crippen LogP contribution in [-0.2, 0) is 0 Å². The number of nitrogens with one attached hydrogen (secondary N) is 2. The molecule has 0 saturated heterocycles. The van der Waals surface area contributed by atoms with Gasteiger partial charge in [0.1, 0.15) is 22.0 Å². The molecule has 4 rings (SSSR count). The Kier molecular flexibility index (Phi) is 9.57. The summed E-state index contributed by atoms with van der Waals surface area (Å²) in [6.07, 6.45) is 1.81. The molecule has 0 aliphatic heterocycles. The normalized spacial score (nSPS) is 11.5. The van der Waals surface area contributed by atoms with Gasteiger partial charge < -0.3 is 10.9 Å². The first-order valence-electron chi connectivity index (χ1n) is 10.7. The zero-order chi connectivity index (χ0) is 25.9. The van der Waals surface area contributed by atoms with E-state index in [0.29, 0.717) is 5.31 Å². The average molecular weight is 521 g/mol. The van der Waals surface area contributed by atoms with Crippen molar-refractivity contribution in [1.82, 2.24) is 5.43 Å². The van der Waals surface area contributed by atoms with Gasteiger partial charge in [-0.15, -0.1) is 0 Å². The Hall–Kier alpha value is -3.73. The summed E-state index contributed by atoms with van der Waals surface area (Å²) >= 11 is 0. The zero-order valence-corrected chi connectivity index (χ0v) is 20.7. The number of anilines is 1. The molecule has 3 N–H and O–H groups in total. The minimum atomic E-state index is -4.69. The van der Waals surface area contributed by atoms with E-state index in [1.165, 1.54) is 0 Å². The molecule has 9 heteroatoms. The van der Waals surface area contributed by atoms with Gasteiger partial charge in [-0.1, -0.05) is 72.8 Å². The van der Waals surface area contributed by atoms with Crippen molar-refractivity contribution >= 4 is 28.9 Å². The smallest absolute Gasteiger partial charge is 0.202 e. The maximum Gasteiger partial charge on any atom is 0.202 e. The molecule has 0 bridgehead atoms. The fourth-order valence-electron chi connectivity index (χ4n) is 3.73. The summed E-state index contributed by atoms with van der Waals surface area (Å²) in [4.78, 5) is 0. The second-order valence-electron chi connectivity index (χ2n) is 7.35. The number of rotatable bonds is 7. The van der Waals surface area contributed by atoms with Crippen LogP contribution in [0, 0.1) is 21.6 Å². The molecule has 0 saturated carbocycles. The Bertz CT molecular complexity index is 1180. The van der Waals surface area contributed by atoms with Crippen molar-refractivity contribution in [2.24, 2.45) is 0 Å². The van der Waals surface area contributed by atoms with Crippen molar-refractivity contribution in [3.8, 4) is 6.07 Å². The second kappa shape index (κ2) is 12.8. The van der Waals surface area contributed by atoms with E-state index in [4.69, 9.17) is 18.6 Å². The van der Waals surface area contributed by atoms with Gasteiger partial charge in [-0.2, -0.15) is 19.2 Å². The monoisotopic (exact) mass is 520 g/mol. The van der Waals surface area contributed by atoms with Crippen LogP contribution in [0.15, 0.2) is 133 Å². The number of allylic oxidation sites excluding steroid dienone is 1. The highest BCUT2D eigenvalue weighted by Gasteiger charge is 2.50. The van der Waals surface area contributed by atoms with Crippen LogP contribution >= 0.6 is 7.26 Å². The third kappa shape index (κ3) is 7.14. The first-order chi connectivity index (χ1) is 17.4. The van der Waals surface area contributed by atoms with Crippen molar-refractivity contribution in [3.63, 3.8) is 0 Å². The molecule has 0 aliphatic rings. The largest absolute Gasteiger partial charge is 0.303 e. The molecule has 0 heterocycles. The van der Waals surface area contributed by atoms with Crippen molar-refractivity contribution in [2.45, 2.75) is 0 Å². The van der Waals surface area contributed by atoms with Crippen molar-refractivity contribution in [3.05, 3.63) is 133 Å². The minimum Gasteiger partial charge on any atom is -0.303 e. The zero-order valence-electron chi connectivity index (χ0n) is 19.1. The number of hydrogen-bond acceptors (Lipinski definition) is 7. The number of para-hydroxylation sites is 1. The molecule has 4 aromatic carbocycles. The Balaban J connectivity index is 0.000000658. The fourth-order valence-corrected chi connectivity index (χ4v) is 7.73. The van der Waals surface area contributed by atoms with Gasteiger partial charge in [-0.3, -0.25) is 0 Å². The lowest BCUT2D eigenvalue weighted by Crippen LogP contribution is -2.58. The molecule has 0 atom stereocenters. The molecular weight excluding hydrogens is 497 g/mol. The van der Waals surface area contributed by atoms with Crippen LogP contribution in [0.25, 0.3) is 0 Å². The van der Waals surface area contributed by atoms with Crippen molar-refractivity contribution in [1.29, 1.82) is 5.26 Å². The van der Waals surface area contributed by atoms with Gasteiger partial charge in [0.2, 0.25) is 5.31 Å². The summed E-state index contributed by atoms with van der Waals surface area (Å²) in [5, 5.41) is 14.5.